The number of hydrogen-bond acceptors (Lipinski definition) is 2. The molecular weight excluding hydrogens is 188 g/mol. The summed E-state index contributed by atoms with van der Waals surface area (Å²) >= 11 is 0. The van der Waals surface area contributed by atoms with E-state index in [4.69, 9.17) is 0 Å². The molecule has 0 bridgehead atoms. The van der Waals surface area contributed by atoms with Gasteiger partial charge in [-0.3, -0.25) is 4.79 Å². The third-order valence-electron chi connectivity index (χ3n) is 3.58. The molecule has 0 aromatic carbocycles. The number of amides is 1. The van der Waals surface area contributed by atoms with Gasteiger partial charge in [0.25, 0.3) is 0 Å². The van der Waals surface area contributed by atoms with Gasteiger partial charge in [-0.15, -0.1) is 0 Å². The van der Waals surface area contributed by atoms with Crippen LogP contribution in [0.3, 0.4) is 0 Å². The Morgan fingerprint density at radius 3 is 3.00 bits per heavy atom. The molecule has 2 unspecified atom stereocenters. The topological polar surface area (TPSA) is 32.3 Å². The Kier molecular flexibility index (Phi) is 3.29. The summed E-state index contributed by atoms with van der Waals surface area (Å²) < 4.78 is 0. The predicted molar refractivity (Wildman–Crippen MR) is 60.5 cm³/mol. The minimum absolute atomic E-state index is 0.364. The lowest BCUT2D eigenvalue weighted by molar-refractivity contribution is -0.136. The summed E-state index contributed by atoms with van der Waals surface area (Å²) in [6, 6.07) is 0.491. The number of carbonyl (C=O) groups excluding carboxylic acids is 1. The van der Waals surface area contributed by atoms with Crippen LogP contribution in [0, 0.1) is 11.8 Å². The summed E-state index contributed by atoms with van der Waals surface area (Å²) in [6.45, 7) is 7.33. The second-order valence-corrected chi connectivity index (χ2v) is 5.31. The molecule has 0 aliphatic carbocycles. The van der Waals surface area contributed by atoms with Crippen LogP contribution in [-0.2, 0) is 4.79 Å². The van der Waals surface area contributed by atoms with Crippen LogP contribution in [0.1, 0.15) is 33.1 Å². The zero-order chi connectivity index (χ0) is 10.8. The lowest BCUT2D eigenvalue weighted by atomic mass is 9.91. The van der Waals surface area contributed by atoms with E-state index in [2.05, 4.69) is 24.1 Å². The maximum atomic E-state index is 12.0. The van der Waals surface area contributed by atoms with E-state index >= 15 is 0 Å². The Morgan fingerprint density at radius 1 is 1.47 bits per heavy atom. The molecule has 15 heavy (non-hydrogen) atoms. The first-order chi connectivity index (χ1) is 7.18. The quantitative estimate of drug-likeness (QED) is 0.744. The van der Waals surface area contributed by atoms with Gasteiger partial charge < -0.3 is 10.2 Å². The molecule has 2 fully saturated rings. The fourth-order valence-corrected chi connectivity index (χ4v) is 2.84. The Bertz CT molecular complexity index is 240. The molecule has 0 aromatic heterocycles. The third kappa shape index (κ3) is 2.33. The molecule has 0 aromatic rings. The van der Waals surface area contributed by atoms with Crippen molar-refractivity contribution in [3.63, 3.8) is 0 Å². The lowest BCUT2D eigenvalue weighted by Crippen LogP contribution is -2.48. The molecule has 2 atom stereocenters. The summed E-state index contributed by atoms with van der Waals surface area (Å²) in [5.41, 5.74) is 0. The molecule has 0 spiro atoms. The lowest BCUT2D eigenvalue weighted by Gasteiger charge is -2.37. The third-order valence-corrected chi connectivity index (χ3v) is 3.58. The van der Waals surface area contributed by atoms with Crippen LogP contribution in [0.25, 0.3) is 0 Å². The van der Waals surface area contributed by atoms with Crippen LogP contribution < -0.4 is 5.32 Å². The monoisotopic (exact) mass is 210 g/mol. The molecule has 3 nitrogen and oxygen atoms in total. The molecule has 1 amide bonds. The number of fused-ring (bicyclic) bond motifs is 1. The molecule has 2 heterocycles. The second-order valence-electron chi connectivity index (χ2n) is 5.31. The van der Waals surface area contributed by atoms with E-state index in [9.17, 15) is 4.79 Å². The summed E-state index contributed by atoms with van der Waals surface area (Å²) in [5, 5.41) is 3.41. The highest BCUT2D eigenvalue weighted by atomic mass is 16.2. The van der Waals surface area contributed by atoms with E-state index in [1.165, 1.54) is 12.8 Å². The van der Waals surface area contributed by atoms with E-state index in [0.29, 0.717) is 24.3 Å². The summed E-state index contributed by atoms with van der Waals surface area (Å²) in [6.07, 6.45) is 3.19. The largest absolute Gasteiger partial charge is 0.338 e. The van der Waals surface area contributed by atoms with Gasteiger partial charge in [-0.05, 0) is 24.7 Å². The fourth-order valence-electron chi connectivity index (χ4n) is 2.84. The maximum absolute atomic E-state index is 12.0. The van der Waals surface area contributed by atoms with Crippen molar-refractivity contribution in [3.8, 4) is 0 Å². The van der Waals surface area contributed by atoms with Crippen molar-refractivity contribution in [2.75, 3.05) is 19.6 Å². The van der Waals surface area contributed by atoms with Gasteiger partial charge in [0.2, 0.25) is 5.91 Å². The standard InChI is InChI=1S/C12H22N2O/c1-9(2)6-12(15)14-5-3-4-10-7-13-8-11(10)14/h9-11,13H,3-8H2,1-2H3. The molecule has 2 rings (SSSR count). The van der Waals surface area contributed by atoms with Gasteiger partial charge in [0.15, 0.2) is 0 Å². The predicted octanol–water partition coefficient (Wildman–Crippen LogP) is 1.24. The van der Waals surface area contributed by atoms with Crippen molar-refractivity contribution in [1.29, 1.82) is 0 Å². The number of nitrogens with one attached hydrogen (secondary N) is 1. The van der Waals surface area contributed by atoms with Gasteiger partial charge in [0, 0.05) is 32.1 Å². The van der Waals surface area contributed by atoms with Crippen LogP contribution in [0.15, 0.2) is 0 Å². The van der Waals surface area contributed by atoms with Gasteiger partial charge in [-0.25, -0.2) is 0 Å². The Labute approximate surface area is 92.2 Å². The first-order valence-corrected chi connectivity index (χ1v) is 6.18. The van der Waals surface area contributed by atoms with Crippen LogP contribution in [0.2, 0.25) is 0 Å². The molecule has 2 aliphatic rings. The van der Waals surface area contributed by atoms with Crippen molar-refractivity contribution in [2.45, 2.75) is 39.2 Å². The van der Waals surface area contributed by atoms with Crippen molar-refractivity contribution < 1.29 is 4.79 Å². The minimum atomic E-state index is 0.364. The first kappa shape index (κ1) is 10.9. The highest BCUT2D eigenvalue weighted by molar-refractivity contribution is 5.77. The summed E-state index contributed by atoms with van der Waals surface area (Å²) in [4.78, 5) is 14.2. The van der Waals surface area contributed by atoms with Crippen molar-refractivity contribution in [3.05, 3.63) is 0 Å². The highest BCUT2D eigenvalue weighted by Gasteiger charge is 2.36. The molecular formula is C12H22N2O. The van der Waals surface area contributed by atoms with Gasteiger partial charge >= 0.3 is 0 Å². The smallest absolute Gasteiger partial charge is 0.223 e. The van der Waals surface area contributed by atoms with Gasteiger partial charge in [-0.1, -0.05) is 13.8 Å². The Balaban J connectivity index is 1.98. The summed E-state index contributed by atoms with van der Waals surface area (Å²) in [7, 11) is 0. The fraction of sp³-hybridized carbons (Fsp3) is 0.917. The number of nitrogens with zero attached hydrogens (tertiary/aromatic N) is 1. The van der Waals surface area contributed by atoms with Crippen molar-refractivity contribution in [1.82, 2.24) is 10.2 Å². The van der Waals surface area contributed by atoms with E-state index in [-0.39, 0.29) is 0 Å². The van der Waals surface area contributed by atoms with Crippen LogP contribution >= 0.6 is 0 Å². The molecule has 2 aliphatic heterocycles. The molecule has 0 saturated carbocycles. The van der Waals surface area contributed by atoms with Crippen LogP contribution in [0.5, 0.6) is 0 Å². The minimum Gasteiger partial charge on any atom is -0.338 e. The molecule has 0 radical (unpaired) electrons. The number of rotatable bonds is 2. The van der Waals surface area contributed by atoms with E-state index in [1.54, 1.807) is 0 Å². The average molecular weight is 210 g/mol. The average Bonchev–Trinajstić information content (AvgIpc) is 2.63. The number of likely N-dealkylation sites (tertiary alicyclic amines) is 1. The highest BCUT2D eigenvalue weighted by Crippen LogP contribution is 2.27. The zero-order valence-corrected chi connectivity index (χ0v) is 9.83. The zero-order valence-electron chi connectivity index (χ0n) is 9.83. The van der Waals surface area contributed by atoms with E-state index in [0.717, 1.165) is 25.6 Å². The molecule has 86 valence electrons. The normalized spacial score (nSPS) is 30.7. The second kappa shape index (κ2) is 4.52. The number of piperidine rings is 1. The first-order valence-electron chi connectivity index (χ1n) is 6.18. The number of hydrogen-bond donors (Lipinski definition) is 1. The molecule has 2 saturated heterocycles. The Morgan fingerprint density at radius 2 is 2.27 bits per heavy atom. The van der Waals surface area contributed by atoms with Gasteiger partial charge in [0.1, 0.15) is 0 Å². The van der Waals surface area contributed by atoms with E-state index in [1.807, 2.05) is 0 Å². The van der Waals surface area contributed by atoms with Crippen LogP contribution in [-0.4, -0.2) is 36.5 Å². The van der Waals surface area contributed by atoms with E-state index < -0.39 is 0 Å². The molecule has 3 heteroatoms. The van der Waals surface area contributed by atoms with Gasteiger partial charge in [-0.2, -0.15) is 0 Å². The van der Waals surface area contributed by atoms with Crippen molar-refractivity contribution >= 4 is 5.91 Å². The summed E-state index contributed by atoms with van der Waals surface area (Å²) in [5.74, 6) is 1.56. The van der Waals surface area contributed by atoms with Crippen molar-refractivity contribution in [2.24, 2.45) is 11.8 Å². The Hall–Kier alpha value is -0.570. The van der Waals surface area contributed by atoms with Crippen LogP contribution in [0.4, 0.5) is 0 Å². The van der Waals surface area contributed by atoms with Gasteiger partial charge in [0.05, 0.1) is 0 Å². The maximum Gasteiger partial charge on any atom is 0.223 e. The molecule has 1 N–H and O–H groups in total. The number of carbonyl (C=O) groups is 1. The SMILES string of the molecule is CC(C)CC(=O)N1CCCC2CNCC21.